The molecule has 0 aliphatic rings. The highest BCUT2D eigenvalue weighted by molar-refractivity contribution is 5.94. The predicted octanol–water partition coefficient (Wildman–Crippen LogP) is 3.26. The minimum Gasteiger partial charge on any atom is -0.315 e. The summed E-state index contributed by atoms with van der Waals surface area (Å²) in [4.78, 5) is 69.7. The van der Waals surface area contributed by atoms with Crippen LogP contribution in [0.3, 0.4) is 0 Å². The van der Waals surface area contributed by atoms with Gasteiger partial charge in [-0.1, -0.05) is 40.0 Å². The summed E-state index contributed by atoms with van der Waals surface area (Å²) in [5.41, 5.74) is 0. The van der Waals surface area contributed by atoms with Crippen LogP contribution in [0.2, 0.25) is 0 Å². The third-order valence-corrected chi connectivity index (χ3v) is 4.41. The first-order valence-corrected chi connectivity index (χ1v) is 10.6. The second kappa shape index (κ2) is 17.7. The van der Waals surface area contributed by atoms with E-state index >= 15 is 0 Å². The number of amides is 4. The third kappa shape index (κ3) is 11.6. The van der Waals surface area contributed by atoms with Crippen LogP contribution in [0, 0.1) is 0 Å². The molecule has 0 spiro atoms. The van der Waals surface area contributed by atoms with Crippen molar-refractivity contribution in [3.05, 3.63) is 0 Å². The Bertz CT molecular complexity index is 652. The van der Waals surface area contributed by atoms with Crippen molar-refractivity contribution < 1.29 is 24.0 Å². The second-order valence-electron chi connectivity index (χ2n) is 6.87. The number of isocyanates is 3. The van der Waals surface area contributed by atoms with Gasteiger partial charge in [0.25, 0.3) is 0 Å². The number of nitrogens with one attached hydrogen (secondary N) is 2. The van der Waals surface area contributed by atoms with E-state index in [-0.39, 0.29) is 6.42 Å². The normalized spacial score (nSPS) is 12.7. The molecule has 0 aliphatic heterocycles. The number of urea groups is 2. The van der Waals surface area contributed by atoms with Gasteiger partial charge in [-0.05, 0) is 38.5 Å². The predicted molar refractivity (Wildman–Crippen MR) is 113 cm³/mol. The molecule has 0 saturated heterocycles. The van der Waals surface area contributed by atoms with Gasteiger partial charge in [-0.15, -0.1) is 0 Å². The fourth-order valence-electron chi connectivity index (χ4n) is 2.75. The van der Waals surface area contributed by atoms with Gasteiger partial charge in [0.05, 0.1) is 0 Å². The number of nitrogens with zero attached hydrogens (tertiary/aromatic N) is 4. The molecule has 0 aromatic rings. The van der Waals surface area contributed by atoms with Gasteiger partial charge >= 0.3 is 12.1 Å². The summed E-state index contributed by atoms with van der Waals surface area (Å²) in [6.07, 6.45) is 6.63. The Morgan fingerprint density at radius 1 is 0.710 bits per heavy atom. The van der Waals surface area contributed by atoms with E-state index in [1.807, 2.05) is 20.8 Å². The molecule has 11 nitrogen and oxygen atoms in total. The lowest BCUT2D eigenvalue weighted by Gasteiger charge is -2.29. The zero-order valence-corrected chi connectivity index (χ0v) is 18.4. The highest BCUT2D eigenvalue weighted by Crippen LogP contribution is 2.13. The molecule has 0 saturated carbocycles. The van der Waals surface area contributed by atoms with Crippen molar-refractivity contribution in [3.63, 3.8) is 0 Å². The van der Waals surface area contributed by atoms with Crippen molar-refractivity contribution in [2.75, 3.05) is 0 Å². The van der Waals surface area contributed by atoms with Crippen LogP contribution in [-0.2, 0) is 14.4 Å². The standard InChI is InChI=1S/C20H32N6O5/c1-4-7-10-16(21-13-27)24-19(30)26(18(23-15-29)12-9-6-3)20(31)25-17(22-14-28)11-8-5-2/h16-18H,4-12H2,1-3H3,(H,24,30)(H,25,31). The van der Waals surface area contributed by atoms with Crippen molar-refractivity contribution in [1.29, 1.82) is 0 Å². The average molecular weight is 437 g/mol. The van der Waals surface area contributed by atoms with E-state index in [9.17, 15) is 24.0 Å². The second-order valence-corrected chi connectivity index (χ2v) is 6.87. The molecule has 11 heteroatoms. The molecule has 0 heterocycles. The maximum atomic E-state index is 12.9. The van der Waals surface area contributed by atoms with E-state index in [1.54, 1.807) is 0 Å². The first kappa shape index (κ1) is 27.9. The number of unbranched alkanes of at least 4 members (excludes halogenated alkanes) is 3. The van der Waals surface area contributed by atoms with Gasteiger partial charge in [-0.2, -0.15) is 15.0 Å². The fraction of sp³-hybridized carbons (Fsp3) is 0.750. The number of carbonyl (C=O) groups is 2. The Kier molecular flexibility index (Phi) is 15.9. The summed E-state index contributed by atoms with van der Waals surface area (Å²) in [7, 11) is 0. The first-order valence-electron chi connectivity index (χ1n) is 10.6. The monoisotopic (exact) mass is 436 g/mol. The average Bonchev–Trinajstić information content (AvgIpc) is 2.74. The molecule has 4 amide bonds. The zero-order chi connectivity index (χ0) is 23.5. The lowest BCUT2D eigenvalue weighted by atomic mass is 10.2. The molecule has 172 valence electrons. The van der Waals surface area contributed by atoms with Crippen molar-refractivity contribution in [1.82, 2.24) is 15.5 Å². The van der Waals surface area contributed by atoms with Gasteiger partial charge in [-0.25, -0.2) is 28.9 Å². The minimum absolute atomic E-state index is 0.236. The highest BCUT2D eigenvalue weighted by Gasteiger charge is 2.32. The van der Waals surface area contributed by atoms with E-state index in [2.05, 4.69) is 25.6 Å². The molecule has 3 atom stereocenters. The summed E-state index contributed by atoms with van der Waals surface area (Å²) in [5, 5.41) is 4.99. The summed E-state index contributed by atoms with van der Waals surface area (Å²) in [5.74, 6) is 0. The van der Waals surface area contributed by atoms with Crippen LogP contribution in [0.15, 0.2) is 15.0 Å². The Labute approximate surface area is 182 Å². The Morgan fingerprint density at radius 2 is 1.10 bits per heavy atom. The van der Waals surface area contributed by atoms with Gasteiger partial charge in [0, 0.05) is 0 Å². The van der Waals surface area contributed by atoms with E-state index in [0.717, 1.165) is 24.2 Å². The summed E-state index contributed by atoms with van der Waals surface area (Å²) >= 11 is 0. The van der Waals surface area contributed by atoms with Gasteiger partial charge in [0.2, 0.25) is 18.2 Å². The molecule has 2 N–H and O–H groups in total. The maximum absolute atomic E-state index is 12.9. The lowest BCUT2D eigenvalue weighted by molar-refractivity contribution is 0.162. The van der Waals surface area contributed by atoms with Crippen LogP contribution < -0.4 is 10.6 Å². The Morgan fingerprint density at radius 3 is 1.45 bits per heavy atom. The number of hydrogen-bond acceptors (Lipinski definition) is 8. The summed E-state index contributed by atoms with van der Waals surface area (Å²) in [6.45, 7) is 5.78. The third-order valence-electron chi connectivity index (χ3n) is 4.41. The molecule has 3 unspecified atom stereocenters. The molecule has 0 aliphatic carbocycles. The molecule has 0 rings (SSSR count). The van der Waals surface area contributed by atoms with Crippen LogP contribution in [0.1, 0.15) is 78.6 Å². The van der Waals surface area contributed by atoms with Gasteiger partial charge in [-0.3, -0.25) is 0 Å². The quantitative estimate of drug-likeness (QED) is 0.298. The van der Waals surface area contributed by atoms with Crippen molar-refractivity contribution >= 4 is 30.3 Å². The molecule has 0 aromatic carbocycles. The lowest BCUT2D eigenvalue weighted by Crippen LogP contribution is -2.56. The van der Waals surface area contributed by atoms with Gasteiger partial charge in [0.15, 0.2) is 0 Å². The highest BCUT2D eigenvalue weighted by atomic mass is 16.2. The van der Waals surface area contributed by atoms with Crippen LogP contribution in [0.4, 0.5) is 9.59 Å². The minimum atomic E-state index is -1.11. The first-order chi connectivity index (χ1) is 15.0. The van der Waals surface area contributed by atoms with Crippen LogP contribution >= 0.6 is 0 Å². The Hall–Kier alpha value is -3.12. The molecular weight excluding hydrogens is 404 g/mol. The van der Waals surface area contributed by atoms with Crippen LogP contribution in [-0.4, -0.2) is 53.7 Å². The van der Waals surface area contributed by atoms with Gasteiger partial charge in [0.1, 0.15) is 18.5 Å². The van der Waals surface area contributed by atoms with Crippen LogP contribution in [0.5, 0.6) is 0 Å². The molecule has 0 bridgehead atoms. The molecule has 0 aromatic heterocycles. The summed E-state index contributed by atoms with van der Waals surface area (Å²) < 4.78 is 0. The van der Waals surface area contributed by atoms with Crippen molar-refractivity contribution in [2.45, 2.75) is 97.1 Å². The van der Waals surface area contributed by atoms with Crippen molar-refractivity contribution in [2.24, 2.45) is 15.0 Å². The van der Waals surface area contributed by atoms with E-state index < -0.39 is 30.6 Å². The number of imide groups is 1. The molecule has 0 fully saturated rings. The number of rotatable bonds is 15. The topological polar surface area (TPSA) is 150 Å². The SMILES string of the molecule is CCCCC(N=C=O)NC(=O)N(C(=O)NC(CCCC)N=C=O)C(CCCC)N=C=O. The molecule has 31 heavy (non-hydrogen) atoms. The van der Waals surface area contributed by atoms with Gasteiger partial charge < -0.3 is 10.6 Å². The van der Waals surface area contributed by atoms with E-state index in [4.69, 9.17) is 0 Å². The largest absolute Gasteiger partial charge is 0.329 e. The smallest absolute Gasteiger partial charge is 0.315 e. The van der Waals surface area contributed by atoms with E-state index in [0.29, 0.717) is 32.1 Å². The fourth-order valence-corrected chi connectivity index (χ4v) is 2.75. The molecule has 0 radical (unpaired) electrons. The van der Waals surface area contributed by atoms with Crippen molar-refractivity contribution in [3.8, 4) is 0 Å². The van der Waals surface area contributed by atoms with Crippen LogP contribution in [0.25, 0.3) is 0 Å². The summed E-state index contributed by atoms with van der Waals surface area (Å²) in [6, 6.07) is -1.77. The van der Waals surface area contributed by atoms with E-state index in [1.165, 1.54) is 18.2 Å². The number of hydrogen-bond donors (Lipinski definition) is 2. The maximum Gasteiger partial charge on any atom is 0.329 e. The zero-order valence-electron chi connectivity index (χ0n) is 18.4. The number of carbonyl (C=O) groups excluding carboxylic acids is 5. The Balaban J connectivity index is 5.80. The number of aliphatic imine (C=N–C) groups is 3. The molecular formula is C20H32N6O5.